The van der Waals surface area contributed by atoms with Gasteiger partial charge in [0.05, 0.1) is 12.1 Å². The minimum absolute atomic E-state index is 0.221. The second kappa shape index (κ2) is 8.68. The molecule has 1 amide bonds. The first-order valence-electron chi connectivity index (χ1n) is 10.3. The Hall–Kier alpha value is -2.54. The van der Waals surface area contributed by atoms with Crippen LogP contribution in [0.5, 0.6) is 0 Å². The lowest BCUT2D eigenvalue weighted by molar-refractivity contribution is -0.137. The van der Waals surface area contributed by atoms with Gasteiger partial charge in [-0.15, -0.1) is 0 Å². The molecule has 2 fully saturated rings. The predicted molar refractivity (Wildman–Crippen MR) is 108 cm³/mol. The van der Waals surface area contributed by atoms with Gasteiger partial charge in [0.2, 0.25) is 0 Å². The van der Waals surface area contributed by atoms with Crippen molar-refractivity contribution in [2.45, 2.75) is 31.5 Å². The zero-order valence-corrected chi connectivity index (χ0v) is 16.6. The highest BCUT2D eigenvalue weighted by molar-refractivity contribution is 5.89. The molecule has 0 N–H and O–H groups in total. The molecule has 0 aliphatic carbocycles. The molecule has 0 radical (unpaired) electrons. The quantitative estimate of drug-likeness (QED) is 0.686. The van der Waals surface area contributed by atoms with E-state index in [0.29, 0.717) is 12.5 Å². The average Bonchev–Trinajstić information content (AvgIpc) is 3.10. The third-order valence-corrected chi connectivity index (χ3v) is 5.90. The van der Waals surface area contributed by atoms with Gasteiger partial charge in [0.25, 0.3) is 0 Å². The number of rotatable bonds is 5. The number of halogens is 3. The molecule has 0 spiro atoms. The first-order valence-corrected chi connectivity index (χ1v) is 10.3. The van der Waals surface area contributed by atoms with Crippen LogP contribution in [0.4, 0.5) is 23.7 Å². The molecule has 0 saturated carbocycles. The van der Waals surface area contributed by atoms with Crippen LogP contribution in [0.15, 0.2) is 54.6 Å². The molecule has 2 aliphatic heterocycles. The van der Waals surface area contributed by atoms with Crippen molar-refractivity contribution in [1.82, 2.24) is 4.90 Å². The molecule has 2 aromatic carbocycles. The van der Waals surface area contributed by atoms with E-state index < -0.39 is 17.8 Å². The monoisotopic (exact) mass is 418 g/mol. The minimum atomic E-state index is -4.44. The standard InChI is InChI=1S/C23H25F3N2O2/c24-23(25,26)19-7-4-8-20(14-19)28-16-21(30-22(28)29)15-27-11-9-18(10-12-27)13-17-5-2-1-3-6-17/h1-8,14,18,21H,9-13,15-16H2. The number of alkyl halides is 3. The van der Waals surface area contributed by atoms with Crippen molar-refractivity contribution in [3.63, 3.8) is 0 Å². The number of ether oxygens (including phenoxy) is 1. The number of benzene rings is 2. The van der Waals surface area contributed by atoms with E-state index in [9.17, 15) is 18.0 Å². The molecule has 4 nitrogen and oxygen atoms in total. The normalized spacial score (nSPS) is 21.1. The SMILES string of the molecule is O=C1OC(CN2CCC(Cc3ccccc3)CC2)CN1c1cccc(C(F)(F)F)c1. The summed E-state index contributed by atoms with van der Waals surface area (Å²) in [6.45, 7) is 2.76. The summed E-state index contributed by atoms with van der Waals surface area (Å²) in [5.74, 6) is 0.649. The summed E-state index contributed by atoms with van der Waals surface area (Å²) < 4.78 is 44.3. The Morgan fingerprint density at radius 2 is 1.73 bits per heavy atom. The number of nitrogens with zero attached hydrogens (tertiary/aromatic N) is 2. The highest BCUT2D eigenvalue weighted by Crippen LogP contribution is 2.33. The summed E-state index contributed by atoms with van der Waals surface area (Å²) in [6.07, 6.45) is -2.10. The molecule has 0 bridgehead atoms. The molecule has 0 aromatic heterocycles. The van der Waals surface area contributed by atoms with Crippen LogP contribution in [-0.4, -0.2) is 43.3 Å². The maximum atomic E-state index is 13.0. The summed E-state index contributed by atoms with van der Waals surface area (Å²) in [5, 5.41) is 0. The lowest BCUT2D eigenvalue weighted by atomic mass is 9.90. The molecule has 7 heteroatoms. The highest BCUT2D eigenvalue weighted by Gasteiger charge is 2.36. The third kappa shape index (κ3) is 4.95. The van der Waals surface area contributed by atoms with Crippen molar-refractivity contribution >= 4 is 11.8 Å². The van der Waals surface area contributed by atoms with Gasteiger partial charge in [0.15, 0.2) is 0 Å². The van der Waals surface area contributed by atoms with Crippen LogP contribution in [0.3, 0.4) is 0 Å². The summed E-state index contributed by atoms with van der Waals surface area (Å²) >= 11 is 0. The first-order chi connectivity index (χ1) is 14.4. The van der Waals surface area contributed by atoms with Crippen LogP contribution in [0.2, 0.25) is 0 Å². The van der Waals surface area contributed by atoms with E-state index in [1.54, 1.807) is 0 Å². The average molecular weight is 418 g/mol. The Morgan fingerprint density at radius 1 is 1.00 bits per heavy atom. The highest BCUT2D eigenvalue weighted by atomic mass is 19.4. The van der Waals surface area contributed by atoms with Gasteiger partial charge in [0.1, 0.15) is 6.10 Å². The number of carbonyl (C=O) groups is 1. The van der Waals surface area contributed by atoms with E-state index in [1.807, 2.05) is 6.07 Å². The Morgan fingerprint density at radius 3 is 2.43 bits per heavy atom. The first kappa shape index (κ1) is 20.7. The van der Waals surface area contributed by atoms with Crippen molar-refractivity contribution in [1.29, 1.82) is 0 Å². The number of likely N-dealkylation sites (tertiary alicyclic amines) is 1. The van der Waals surface area contributed by atoms with E-state index in [-0.39, 0.29) is 18.3 Å². The summed E-state index contributed by atoms with van der Waals surface area (Å²) in [5.41, 5.74) is 0.813. The van der Waals surface area contributed by atoms with E-state index in [2.05, 4.69) is 29.2 Å². The van der Waals surface area contributed by atoms with Crippen LogP contribution < -0.4 is 4.90 Å². The molecule has 30 heavy (non-hydrogen) atoms. The van der Waals surface area contributed by atoms with Gasteiger partial charge in [-0.1, -0.05) is 36.4 Å². The van der Waals surface area contributed by atoms with Crippen LogP contribution in [0, 0.1) is 5.92 Å². The van der Waals surface area contributed by atoms with Crippen LogP contribution in [0.25, 0.3) is 0 Å². The van der Waals surface area contributed by atoms with Gasteiger partial charge in [-0.3, -0.25) is 9.80 Å². The zero-order chi connectivity index (χ0) is 21.1. The Kier molecular flexibility index (Phi) is 5.99. The molecule has 1 atom stereocenters. The lowest BCUT2D eigenvalue weighted by Gasteiger charge is -2.33. The number of hydrogen-bond acceptors (Lipinski definition) is 3. The molecule has 2 saturated heterocycles. The Bertz CT molecular complexity index is 864. The smallest absolute Gasteiger partial charge is 0.416 e. The molecule has 2 aromatic rings. The number of piperidine rings is 1. The van der Waals surface area contributed by atoms with Crippen molar-refractivity contribution in [2.75, 3.05) is 31.1 Å². The number of amides is 1. The molecular weight excluding hydrogens is 393 g/mol. The number of anilines is 1. The maximum Gasteiger partial charge on any atom is 0.416 e. The molecular formula is C23H25F3N2O2. The molecule has 1 unspecified atom stereocenters. The molecule has 2 aliphatic rings. The summed E-state index contributed by atoms with van der Waals surface area (Å²) in [6, 6.07) is 15.3. The van der Waals surface area contributed by atoms with Crippen LogP contribution in [0.1, 0.15) is 24.0 Å². The van der Waals surface area contributed by atoms with Crippen molar-refractivity contribution in [2.24, 2.45) is 5.92 Å². The van der Waals surface area contributed by atoms with Crippen molar-refractivity contribution in [3.05, 3.63) is 65.7 Å². The number of hydrogen-bond donors (Lipinski definition) is 0. The van der Waals surface area contributed by atoms with E-state index in [4.69, 9.17) is 4.74 Å². The Labute approximate surface area is 174 Å². The topological polar surface area (TPSA) is 32.8 Å². The fourth-order valence-corrected chi connectivity index (χ4v) is 4.29. The molecule has 4 rings (SSSR count). The summed E-state index contributed by atoms with van der Waals surface area (Å²) in [4.78, 5) is 15.8. The number of carbonyl (C=O) groups excluding carboxylic acids is 1. The minimum Gasteiger partial charge on any atom is -0.443 e. The van der Waals surface area contributed by atoms with E-state index in [1.165, 1.54) is 22.6 Å². The Balaban J connectivity index is 1.29. The van der Waals surface area contributed by atoms with Gasteiger partial charge < -0.3 is 4.74 Å². The van der Waals surface area contributed by atoms with Crippen molar-refractivity contribution in [3.8, 4) is 0 Å². The van der Waals surface area contributed by atoms with Gasteiger partial charge in [-0.05, 0) is 62.0 Å². The second-order valence-corrected chi connectivity index (χ2v) is 8.10. The second-order valence-electron chi connectivity index (χ2n) is 8.10. The van der Waals surface area contributed by atoms with Crippen LogP contribution in [-0.2, 0) is 17.3 Å². The molecule has 2 heterocycles. The lowest BCUT2D eigenvalue weighted by Crippen LogP contribution is -2.40. The number of cyclic esters (lactones) is 1. The van der Waals surface area contributed by atoms with Gasteiger partial charge in [-0.2, -0.15) is 13.2 Å². The van der Waals surface area contributed by atoms with Gasteiger partial charge in [0, 0.05) is 12.2 Å². The fraction of sp³-hybridized carbons (Fsp3) is 0.435. The zero-order valence-electron chi connectivity index (χ0n) is 16.6. The molecule has 160 valence electrons. The van der Waals surface area contributed by atoms with E-state index >= 15 is 0 Å². The van der Waals surface area contributed by atoms with Gasteiger partial charge >= 0.3 is 12.3 Å². The van der Waals surface area contributed by atoms with E-state index in [0.717, 1.165) is 44.5 Å². The largest absolute Gasteiger partial charge is 0.443 e. The fourth-order valence-electron chi connectivity index (χ4n) is 4.29. The third-order valence-electron chi connectivity index (χ3n) is 5.90. The van der Waals surface area contributed by atoms with Crippen LogP contribution >= 0.6 is 0 Å². The predicted octanol–water partition coefficient (Wildman–Crippen LogP) is 4.99. The maximum absolute atomic E-state index is 13.0. The summed E-state index contributed by atoms with van der Waals surface area (Å²) in [7, 11) is 0. The van der Waals surface area contributed by atoms with Crippen molar-refractivity contribution < 1.29 is 22.7 Å². The van der Waals surface area contributed by atoms with Gasteiger partial charge in [-0.25, -0.2) is 4.79 Å².